The van der Waals surface area contributed by atoms with Gasteiger partial charge in [0, 0.05) is 60.2 Å². The molecule has 11 heteroatoms. The Bertz CT molecular complexity index is 1700. The third kappa shape index (κ3) is 6.39. The first kappa shape index (κ1) is 26.7. The molecule has 2 N–H and O–H groups in total. The number of nitrogens with one attached hydrogen (secondary N) is 2. The van der Waals surface area contributed by atoms with Crippen molar-refractivity contribution < 1.29 is 21.3 Å². The van der Waals surface area contributed by atoms with Crippen molar-refractivity contribution >= 4 is 43.0 Å². The largest absolute Gasteiger partial charge is 0.448 e. The van der Waals surface area contributed by atoms with E-state index in [0.29, 0.717) is 25.5 Å². The van der Waals surface area contributed by atoms with Gasteiger partial charge in [0.15, 0.2) is 5.88 Å². The van der Waals surface area contributed by atoms with Crippen LogP contribution in [-0.2, 0) is 32.8 Å². The molecule has 2 aromatic carbocycles. The Morgan fingerprint density at radius 2 is 1.72 bits per heavy atom. The second-order valence-electron chi connectivity index (χ2n) is 9.26. The van der Waals surface area contributed by atoms with E-state index in [1.54, 1.807) is 73.3 Å². The van der Waals surface area contributed by atoms with Crippen LogP contribution in [-0.4, -0.2) is 40.4 Å². The topological polar surface area (TPSA) is 122 Å². The highest BCUT2D eigenvalue weighted by Gasteiger charge is 2.20. The number of anilines is 3. The molecule has 0 fully saturated rings. The van der Waals surface area contributed by atoms with E-state index in [1.807, 2.05) is 23.2 Å². The van der Waals surface area contributed by atoms with Gasteiger partial charge in [-0.15, -0.1) is 0 Å². The van der Waals surface area contributed by atoms with Crippen molar-refractivity contribution in [2.24, 2.45) is 0 Å². The molecular weight excluding hydrogens is 536 g/mol. The maximum atomic E-state index is 12.9. The van der Waals surface area contributed by atoms with Crippen LogP contribution in [0, 0.1) is 0 Å². The third-order valence-electron chi connectivity index (χ3n) is 6.25. The molecule has 202 valence electrons. The molecular formula is C28H28N4O5S2. The molecule has 0 amide bonds. The normalized spacial score (nSPS) is 13.3. The highest BCUT2D eigenvalue weighted by molar-refractivity contribution is 7.91. The molecule has 0 saturated carbocycles. The maximum absolute atomic E-state index is 12.9. The lowest BCUT2D eigenvalue weighted by Crippen LogP contribution is -2.22. The number of pyridine rings is 1. The van der Waals surface area contributed by atoms with E-state index in [-0.39, 0.29) is 15.5 Å². The summed E-state index contributed by atoms with van der Waals surface area (Å²) >= 11 is 0. The Morgan fingerprint density at radius 3 is 2.46 bits per heavy atom. The number of aromatic nitrogens is 1. The number of sulfone groups is 2. The van der Waals surface area contributed by atoms with Crippen LogP contribution in [0.15, 0.2) is 99.7 Å². The average Bonchev–Trinajstić information content (AvgIpc) is 3.40. The minimum atomic E-state index is -3.59. The molecule has 0 unspecified atom stereocenters. The van der Waals surface area contributed by atoms with E-state index >= 15 is 0 Å². The van der Waals surface area contributed by atoms with E-state index in [2.05, 4.69) is 15.6 Å². The van der Waals surface area contributed by atoms with Gasteiger partial charge < -0.3 is 20.0 Å². The van der Waals surface area contributed by atoms with E-state index in [1.165, 1.54) is 6.26 Å². The first-order valence-electron chi connectivity index (χ1n) is 12.2. The summed E-state index contributed by atoms with van der Waals surface area (Å²) in [6, 6.07) is 16.9. The molecule has 1 aliphatic heterocycles. The van der Waals surface area contributed by atoms with Gasteiger partial charge in [-0.1, -0.05) is 18.2 Å². The van der Waals surface area contributed by atoms with Crippen molar-refractivity contribution in [1.82, 2.24) is 10.3 Å². The molecule has 5 rings (SSSR count). The Hall–Kier alpha value is -3.93. The van der Waals surface area contributed by atoms with Crippen LogP contribution in [0.1, 0.15) is 16.7 Å². The summed E-state index contributed by atoms with van der Waals surface area (Å²) < 4.78 is 54.2. The van der Waals surface area contributed by atoms with Gasteiger partial charge in [0.1, 0.15) is 9.84 Å². The predicted molar refractivity (Wildman–Crippen MR) is 151 cm³/mol. The molecule has 2 aromatic heterocycles. The molecule has 0 bridgehead atoms. The SMILES string of the molecule is CS(=O)(=O)CCNCc1coc(N2C=Cc3cncc(Nc4ccc(S(=O)(=O)c5ccccc5)cc4)c3C2)c1. The van der Waals surface area contributed by atoms with Crippen molar-refractivity contribution in [2.75, 3.05) is 28.8 Å². The summed E-state index contributed by atoms with van der Waals surface area (Å²) in [7, 11) is -6.60. The van der Waals surface area contributed by atoms with Crippen LogP contribution in [0.4, 0.5) is 17.3 Å². The number of benzene rings is 2. The monoisotopic (exact) mass is 564 g/mol. The number of furan rings is 1. The van der Waals surface area contributed by atoms with Crippen LogP contribution in [0.3, 0.4) is 0 Å². The number of rotatable bonds is 10. The van der Waals surface area contributed by atoms with Crippen molar-refractivity contribution in [1.29, 1.82) is 0 Å². The number of nitrogens with zero attached hydrogens (tertiary/aromatic N) is 2. The van der Waals surface area contributed by atoms with Gasteiger partial charge in [-0.2, -0.15) is 0 Å². The Balaban J connectivity index is 1.27. The zero-order chi connectivity index (χ0) is 27.5. The van der Waals surface area contributed by atoms with Crippen molar-refractivity contribution in [3.05, 3.63) is 102 Å². The second-order valence-corrected chi connectivity index (χ2v) is 13.5. The number of fused-ring (bicyclic) bond motifs is 1. The lowest BCUT2D eigenvalue weighted by Gasteiger charge is -2.25. The highest BCUT2D eigenvalue weighted by Crippen LogP contribution is 2.32. The third-order valence-corrected chi connectivity index (χ3v) is 8.98. The fraction of sp³-hybridized carbons (Fsp3) is 0.179. The number of hydrogen-bond donors (Lipinski definition) is 2. The summed E-state index contributed by atoms with van der Waals surface area (Å²) in [4.78, 5) is 6.80. The zero-order valence-corrected chi connectivity index (χ0v) is 22.9. The molecule has 1 aliphatic rings. The fourth-order valence-corrected chi connectivity index (χ4v) is 5.98. The van der Waals surface area contributed by atoms with Gasteiger partial charge in [-0.25, -0.2) is 16.8 Å². The van der Waals surface area contributed by atoms with Gasteiger partial charge in [-0.3, -0.25) is 4.98 Å². The van der Waals surface area contributed by atoms with Crippen LogP contribution in [0.2, 0.25) is 0 Å². The predicted octanol–water partition coefficient (Wildman–Crippen LogP) is 4.38. The highest BCUT2D eigenvalue weighted by atomic mass is 32.2. The summed E-state index contributed by atoms with van der Waals surface area (Å²) in [5.41, 5.74) is 4.43. The molecule has 39 heavy (non-hydrogen) atoms. The Kier molecular flexibility index (Phi) is 7.56. The van der Waals surface area contributed by atoms with Crippen LogP contribution >= 0.6 is 0 Å². The zero-order valence-electron chi connectivity index (χ0n) is 21.2. The molecule has 0 radical (unpaired) electrons. The van der Waals surface area contributed by atoms with Crippen molar-refractivity contribution in [2.45, 2.75) is 22.9 Å². The number of hydrogen-bond acceptors (Lipinski definition) is 9. The van der Waals surface area contributed by atoms with E-state index in [4.69, 9.17) is 4.42 Å². The summed E-state index contributed by atoms with van der Waals surface area (Å²) in [6.45, 7) is 1.41. The molecule has 0 spiro atoms. The van der Waals surface area contributed by atoms with Crippen LogP contribution in [0.5, 0.6) is 0 Å². The summed E-state index contributed by atoms with van der Waals surface area (Å²) in [6.07, 6.45) is 10.3. The van der Waals surface area contributed by atoms with Gasteiger partial charge >= 0.3 is 0 Å². The first-order valence-corrected chi connectivity index (χ1v) is 15.8. The molecule has 0 atom stereocenters. The molecule has 3 heterocycles. The Labute approximate surface area is 228 Å². The molecule has 4 aromatic rings. The standard InChI is InChI=1S/C28H28N4O5S2/c1-38(33,34)14-12-29-16-21-15-28(37-20-21)32-13-11-22-17-30-18-27(26(22)19-32)31-23-7-9-25(10-8-23)39(35,36)24-5-3-2-4-6-24/h2-11,13,15,17-18,20,29,31H,12,14,16,19H2,1H3. The van der Waals surface area contributed by atoms with E-state index in [0.717, 1.165) is 28.1 Å². The summed E-state index contributed by atoms with van der Waals surface area (Å²) in [5.74, 6) is 0.744. The van der Waals surface area contributed by atoms with Crippen LogP contribution in [0.25, 0.3) is 6.08 Å². The molecule has 9 nitrogen and oxygen atoms in total. The molecule has 0 saturated heterocycles. The van der Waals surface area contributed by atoms with Crippen molar-refractivity contribution in [3.8, 4) is 0 Å². The van der Waals surface area contributed by atoms with Gasteiger partial charge in [-0.05, 0) is 42.5 Å². The quantitative estimate of drug-likeness (QED) is 0.270. The minimum absolute atomic E-state index is 0.0821. The second kappa shape index (κ2) is 11.0. The van der Waals surface area contributed by atoms with Gasteiger partial charge in [0.25, 0.3) is 0 Å². The van der Waals surface area contributed by atoms with Gasteiger partial charge in [0.2, 0.25) is 9.84 Å². The summed E-state index contributed by atoms with van der Waals surface area (Å²) in [5, 5.41) is 6.48. The van der Waals surface area contributed by atoms with Gasteiger partial charge in [0.05, 0.1) is 40.2 Å². The Morgan fingerprint density at radius 1 is 0.974 bits per heavy atom. The first-order chi connectivity index (χ1) is 18.7. The smallest absolute Gasteiger partial charge is 0.206 e. The molecule has 0 aliphatic carbocycles. The minimum Gasteiger partial charge on any atom is -0.448 e. The van der Waals surface area contributed by atoms with Crippen molar-refractivity contribution in [3.63, 3.8) is 0 Å². The lowest BCUT2D eigenvalue weighted by molar-refractivity contribution is 0.554. The lowest BCUT2D eigenvalue weighted by atomic mass is 10.0. The van der Waals surface area contributed by atoms with Crippen LogP contribution < -0.4 is 15.5 Å². The van der Waals surface area contributed by atoms with E-state index < -0.39 is 19.7 Å². The van der Waals surface area contributed by atoms with E-state index in [9.17, 15) is 16.8 Å². The average molecular weight is 565 g/mol. The fourth-order valence-electron chi connectivity index (χ4n) is 4.18. The maximum Gasteiger partial charge on any atom is 0.206 e.